The van der Waals surface area contributed by atoms with Crippen molar-refractivity contribution < 1.29 is 9.63 Å². The van der Waals surface area contributed by atoms with E-state index in [1.54, 1.807) is 22.3 Å². The number of carbonyl (C=O) groups is 1. The fourth-order valence-electron chi connectivity index (χ4n) is 2.36. The Morgan fingerprint density at radius 3 is 3.35 bits per heavy atom. The standard InChI is InChI=1S/C11H13N3O2S/c1-3-4-16-14-8-5-13(11(14)15)7(2)9-10(8)17-6-12-9/h3,6-8H,1,4-5H2,2H3. The molecular weight excluding hydrogens is 238 g/mol. The van der Waals surface area contributed by atoms with E-state index in [0.717, 1.165) is 10.6 Å². The molecule has 2 bridgehead atoms. The second kappa shape index (κ2) is 3.82. The molecule has 2 unspecified atom stereocenters. The lowest BCUT2D eigenvalue weighted by molar-refractivity contribution is -0.118. The average Bonchev–Trinajstić information content (AvgIpc) is 2.89. The molecule has 1 fully saturated rings. The molecule has 0 N–H and O–H groups in total. The van der Waals surface area contributed by atoms with Gasteiger partial charge in [-0.1, -0.05) is 6.08 Å². The average molecular weight is 251 g/mol. The van der Waals surface area contributed by atoms with Crippen molar-refractivity contribution in [3.05, 3.63) is 28.7 Å². The molecule has 0 aromatic carbocycles. The van der Waals surface area contributed by atoms with Crippen LogP contribution >= 0.6 is 11.3 Å². The van der Waals surface area contributed by atoms with Gasteiger partial charge in [-0.05, 0) is 6.92 Å². The van der Waals surface area contributed by atoms with E-state index in [9.17, 15) is 4.79 Å². The van der Waals surface area contributed by atoms with Crippen LogP contribution in [-0.2, 0) is 4.84 Å². The van der Waals surface area contributed by atoms with E-state index in [4.69, 9.17) is 4.84 Å². The highest BCUT2D eigenvalue weighted by atomic mass is 32.1. The minimum absolute atomic E-state index is 0.0128. The summed E-state index contributed by atoms with van der Waals surface area (Å²) in [6.07, 6.45) is 1.64. The highest BCUT2D eigenvalue weighted by Gasteiger charge is 2.48. The van der Waals surface area contributed by atoms with Crippen molar-refractivity contribution >= 4 is 17.4 Å². The summed E-state index contributed by atoms with van der Waals surface area (Å²) >= 11 is 1.59. The van der Waals surface area contributed by atoms with Gasteiger partial charge in [0.05, 0.1) is 35.3 Å². The summed E-state index contributed by atoms with van der Waals surface area (Å²) in [7, 11) is 0. The lowest BCUT2D eigenvalue weighted by Crippen LogP contribution is -2.33. The first kappa shape index (κ1) is 10.7. The van der Waals surface area contributed by atoms with Crippen molar-refractivity contribution in [1.29, 1.82) is 0 Å². The van der Waals surface area contributed by atoms with Crippen LogP contribution in [-0.4, -0.2) is 34.1 Å². The Bertz CT molecular complexity index is 473. The number of rotatable bonds is 3. The third-order valence-electron chi connectivity index (χ3n) is 3.21. The second-order valence-corrected chi connectivity index (χ2v) is 5.03. The van der Waals surface area contributed by atoms with Crippen LogP contribution in [0.1, 0.15) is 29.6 Å². The maximum absolute atomic E-state index is 12.1. The molecule has 1 aromatic heterocycles. The summed E-state index contributed by atoms with van der Waals surface area (Å²) in [4.78, 5) is 24.9. The van der Waals surface area contributed by atoms with Gasteiger partial charge in [0, 0.05) is 0 Å². The SMILES string of the molecule is C=CCON1C(=O)N2CC1c1scnc1C2C. The maximum Gasteiger partial charge on any atom is 0.345 e. The van der Waals surface area contributed by atoms with E-state index >= 15 is 0 Å². The minimum atomic E-state index is -0.0745. The van der Waals surface area contributed by atoms with Crippen LogP contribution in [0.3, 0.4) is 0 Å². The summed E-state index contributed by atoms with van der Waals surface area (Å²) in [6, 6.07) is -0.0481. The molecule has 0 radical (unpaired) electrons. The number of fused-ring (bicyclic) bond motifs is 4. The fourth-order valence-corrected chi connectivity index (χ4v) is 3.32. The first-order valence-corrected chi connectivity index (χ1v) is 6.39. The van der Waals surface area contributed by atoms with Crippen molar-refractivity contribution in [3.8, 4) is 0 Å². The molecular formula is C11H13N3O2S. The van der Waals surface area contributed by atoms with Crippen LogP contribution in [0.4, 0.5) is 4.79 Å². The third kappa shape index (κ3) is 1.41. The van der Waals surface area contributed by atoms with Crippen molar-refractivity contribution in [2.45, 2.75) is 19.0 Å². The largest absolute Gasteiger partial charge is 0.345 e. The van der Waals surface area contributed by atoms with Gasteiger partial charge in [-0.3, -0.25) is 4.84 Å². The Hall–Kier alpha value is -1.40. The van der Waals surface area contributed by atoms with Gasteiger partial charge in [0.25, 0.3) is 0 Å². The lowest BCUT2D eigenvalue weighted by Gasteiger charge is -2.26. The monoisotopic (exact) mass is 251 g/mol. The summed E-state index contributed by atoms with van der Waals surface area (Å²) in [6.45, 7) is 6.63. The molecule has 2 atom stereocenters. The van der Waals surface area contributed by atoms with Gasteiger partial charge in [0.15, 0.2) is 0 Å². The number of thiazole rings is 1. The zero-order chi connectivity index (χ0) is 12.0. The Morgan fingerprint density at radius 2 is 2.59 bits per heavy atom. The first-order chi connectivity index (χ1) is 8.24. The van der Waals surface area contributed by atoms with Gasteiger partial charge in [-0.2, -0.15) is 5.06 Å². The number of carbonyl (C=O) groups excluding carboxylic acids is 1. The van der Waals surface area contributed by atoms with Crippen LogP contribution in [0, 0.1) is 0 Å². The van der Waals surface area contributed by atoms with E-state index < -0.39 is 0 Å². The van der Waals surface area contributed by atoms with E-state index in [0.29, 0.717) is 13.2 Å². The van der Waals surface area contributed by atoms with Gasteiger partial charge >= 0.3 is 6.03 Å². The number of nitrogens with zero attached hydrogens (tertiary/aromatic N) is 3. The van der Waals surface area contributed by atoms with E-state index in [1.165, 1.54) is 5.06 Å². The maximum atomic E-state index is 12.1. The zero-order valence-electron chi connectivity index (χ0n) is 9.50. The van der Waals surface area contributed by atoms with Crippen LogP contribution in [0.15, 0.2) is 18.2 Å². The van der Waals surface area contributed by atoms with Crippen LogP contribution in [0.5, 0.6) is 0 Å². The van der Waals surface area contributed by atoms with Crippen molar-refractivity contribution in [1.82, 2.24) is 14.9 Å². The molecule has 1 aromatic rings. The Balaban J connectivity index is 1.97. The van der Waals surface area contributed by atoms with Gasteiger partial charge in [-0.15, -0.1) is 17.9 Å². The molecule has 2 aliphatic heterocycles. The molecule has 0 aliphatic carbocycles. The first-order valence-electron chi connectivity index (χ1n) is 5.51. The summed E-state index contributed by atoms with van der Waals surface area (Å²) in [5.41, 5.74) is 2.84. The molecule has 0 saturated carbocycles. The van der Waals surface area contributed by atoms with Gasteiger partial charge in [0.1, 0.15) is 6.04 Å². The number of hydroxylamine groups is 2. The molecule has 6 heteroatoms. The zero-order valence-corrected chi connectivity index (χ0v) is 10.3. The van der Waals surface area contributed by atoms with Gasteiger partial charge < -0.3 is 4.90 Å². The fraction of sp³-hybridized carbons (Fsp3) is 0.455. The molecule has 2 amide bonds. The van der Waals surface area contributed by atoms with E-state index in [1.807, 2.05) is 12.4 Å². The van der Waals surface area contributed by atoms with Crippen molar-refractivity contribution in [2.75, 3.05) is 13.2 Å². The predicted octanol–water partition coefficient (Wildman–Crippen LogP) is 2.11. The molecule has 90 valence electrons. The van der Waals surface area contributed by atoms with Crippen molar-refractivity contribution in [2.24, 2.45) is 0 Å². The molecule has 17 heavy (non-hydrogen) atoms. The summed E-state index contributed by atoms with van der Waals surface area (Å²) in [5, 5.41) is 1.46. The Labute approximate surface area is 103 Å². The number of urea groups is 1. The molecule has 3 heterocycles. The number of aromatic nitrogens is 1. The van der Waals surface area contributed by atoms with E-state index in [2.05, 4.69) is 11.6 Å². The minimum Gasteiger partial charge on any atom is -0.312 e. The van der Waals surface area contributed by atoms with Crippen LogP contribution < -0.4 is 0 Å². The highest BCUT2D eigenvalue weighted by molar-refractivity contribution is 7.09. The van der Waals surface area contributed by atoms with Gasteiger partial charge in [0.2, 0.25) is 0 Å². The quantitative estimate of drug-likeness (QED) is 0.773. The summed E-state index contributed by atoms with van der Waals surface area (Å²) in [5.74, 6) is 0. The molecule has 2 aliphatic rings. The number of hydrogen-bond donors (Lipinski definition) is 0. The van der Waals surface area contributed by atoms with E-state index in [-0.39, 0.29) is 18.1 Å². The Morgan fingerprint density at radius 1 is 1.76 bits per heavy atom. The molecule has 5 nitrogen and oxygen atoms in total. The number of hydrogen-bond acceptors (Lipinski definition) is 4. The van der Waals surface area contributed by atoms with Gasteiger partial charge in [-0.25, -0.2) is 9.78 Å². The predicted molar refractivity (Wildman–Crippen MR) is 63.4 cm³/mol. The van der Waals surface area contributed by atoms with Crippen LogP contribution in [0.2, 0.25) is 0 Å². The number of amides is 2. The molecule has 0 spiro atoms. The summed E-state index contributed by atoms with van der Waals surface area (Å²) < 4.78 is 0. The third-order valence-corrected chi connectivity index (χ3v) is 4.15. The second-order valence-electron chi connectivity index (χ2n) is 4.14. The topological polar surface area (TPSA) is 45.7 Å². The van der Waals surface area contributed by atoms with Crippen molar-refractivity contribution in [3.63, 3.8) is 0 Å². The Kier molecular flexibility index (Phi) is 2.41. The normalized spacial score (nSPS) is 26.3. The smallest absolute Gasteiger partial charge is 0.312 e. The highest BCUT2D eigenvalue weighted by Crippen LogP contribution is 2.44. The lowest BCUT2D eigenvalue weighted by atomic mass is 10.1. The molecule has 1 saturated heterocycles. The van der Waals surface area contributed by atoms with Crippen LogP contribution in [0.25, 0.3) is 0 Å². The molecule has 3 rings (SSSR count).